The third-order valence-electron chi connectivity index (χ3n) is 4.96. The molecule has 0 aliphatic carbocycles. The Kier molecular flexibility index (Phi) is 4.66. The molecule has 140 valence electrons. The number of aromatic nitrogens is 3. The third-order valence-corrected chi connectivity index (χ3v) is 4.96. The molecule has 2 aromatic heterocycles. The molecule has 1 aliphatic heterocycles. The Balaban J connectivity index is 1.47. The smallest absolute Gasteiger partial charge is 0.231 e. The van der Waals surface area contributed by atoms with Crippen molar-refractivity contribution in [1.29, 1.82) is 0 Å². The van der Waals surface area contributed by atoms with Crippen LogP contribution < -0.4 is 5.32 Å². The number of carbonyl (C=O) groups excluding carboxylic acids is 1. The van der Waals surface area contributed by atoms with E-state index in [-0.39, 0.29) is 11.8 Å². The quantitative estimate of drug-likeness (QED) is 0.756. The molecule has 0 spiro atoms. The maximum atomic E-state index is 12.5. The van der Waals surface area contributed by atoms with E-state index in [9.17, 15) is 4.79 Å². The molecule has 1 amide bonds. The predicted molar refractivity (Wildman–Crippen MR) is 107 cm³/mol. The lowest BCUT2D eigenvalue weighted by molar-refractivity contribution is -0.125. The zero-order valence-electron chi connectivity index (χ0n) is 16.0. The van der Waals surface area contributed by atoms with Gasteiger partial charge in [-0.05, 0) is 29.0 Å². The summed E-state index contributed by atoms with van der Waals surface area (Å²) in [5.41, 5.74) is 2.17. The van der Waals surface area contributed by atoms with Crippen LogP contribution in [0.25, 0.3) is 21.9 Å². The minimum Gasteiger partial charge on any atom is -0.310 e. The van der Waals surface area contributed by atoms with Gasteiger partial charge in [-0.1, -0.05) is 26.0 Å². The zero-order chi connectivity index (χ0) is 19.0. The van der Waals surface area contributed by atoms with E-state index in [2.05, 4.69) is 46.3 Å². The standard InChI is InChI=1S/C21H25N5O/c1-14(2)10-26-12-19(13-26)21(27)24-20-7-17-6-15(4-5-16(17)8-22-20)18-9-23-25(3)11-18/h4-9,11,14,19H,10,12-13H2,1-3H3,(H,22,24,27). The second kappa shape index (κ2) is 7.12. The Morgan fingerprint density at radius 1 is 1.19 bits per heavy atom. The highest BCUT2D eigenvalue weighted by molar-refractivity contribution is 5.95. The number of anilines is 1. The van der Waals surface area contributed by atoms with E-state index in [1.165, 1.54) is 0 Å². The van der Waals surface area contributed by atoms with Gasteiger partial charge in [-0.3, -0.25) is 9.48 Å². The second-order valence-electron chi connectivity index (χ2n) is 7.83. The minimum absolute atomic E-state index is 0.0583. The molecule has 1 saturated heterocycles. The molecule has 3 aromatic rings. The van der Waals surface area contributed by atoms with Crippen molar-refractivity contribution >= 4 is 22.5 Å². The van der Waals surface area contributed by atoms with E-state index in [0.717, 1.165) is 41.5 Å². The first-order chi connectivity index (χ1) is 13.0. The fourth-order valence-electron chi connectivity index (χ4n) is 3.59. The van der Waals surface area contributed by atoms with Crippen LogP contribution >= 0.6 is 0 Å². The number of nitrogens with zero attached hydrogens (tertiary/aromatic N) is 4. The lowest BCUT2D eigenvalue weighted by Crippen LogP contribution is -2.52. The van der Waals surface area contributed by atoms with Gasteiger partial charge in [-0.15, -0.1) is 0 Å². The molecule has 6 nitrogen and oxygen atoms in total. The lowest BCUT2D eigenvalue weighted by Gasteiger charge is -2.39. The first-order valence-corrected chi connectivity index (χ1v) is 9.40. The second-order valence-corrected chi connectivity index (χ2v) is 7.83. The Morgan fingerprint density at radius 2 is 2.00 bits per heavy atom. The van der Waals surface area contributed by atoms with Crippen molar-refractivity contribution in [2.75, 3.05) is 25.0 Å². The number of benzene rings is 1. The molecule has 0 atom stereocenters. The molecule has 0 radical (unpaired) electrons. The molecule has 1 aromatic carbocycles. The van der Waals surface area contributed by atoms with Crippen LogP contribution in [0.4, 0.5) is 5.82 Å². The monoisotopic (exact) mass is 363 g/mol. The zero-order valence-corrected chi connectivity index (χ0v) is 16.0. The van der Waals surface area contributed by atoms with Gasteiger partial charge in [-0.2, -0.15) is 5.10 Å². The van der Waals surface area contributed by atoms with Crippen LogP contribution in [-0.2, 0) is 11.8 Å². The SMILES string of the molecule is CC(C)CN1CC(C(=O)Nc2cc3cc(-c4cnn(C)c4)ccc3cn2)C1. The summed E-state index contributed by atoms with van der Waals surface area (Å²) in [6, 6.07) is 8.16. The number of pyridine rings is 1. The number of aryl methyl sites for hydroxylation is 1. The summed E-state index contributed by atoms with van der Waals surface area (Å²) in [6.45, 7) is 7.12. The molecule has 6 heteroatoms. The van der Waals surface area contributed by atoms with E-state index >= 15 is 0 Å². The minimum atomic E-state index is 0.0583. The molecular formula is C21H25N5O. The third kappa shape index (κ3) is 3.85. The van der Waals surface area contributed by atoms with Gasteiger partial charge in [0.2, 0.25) is 5.91 Å². The average molecular weight is 363 g/mol. The first kappa shape index (κ1) is 17.7. The molecule has 1 aliphatic rings. The van der Waals surface area contributed by atoms with Crippen molar-refractivity contribution in [2.24, 2.45) is 18.9 Å². The number of hydrogen-bond acceptors (Lipinski definition) is 4. The Morgan fingerprint density at radius 3 is 2.70 bits per heavy atom. The van der Waals surface area contributed by atoms with Crippen LogP contribution in [0, 0.1) is 11.8 Å². The molecule has 4 rings (SSSR count). The number of likely N-dealkylation sites (tertiary alicyclic amines) is 1. The fraction of sp³-hybridized carbons (Fsp3) is 0.381. The molecule has 1 fully saturated rings. The van der Waals surface area contributed by atoms with Crippen molar-refractivity contribution in [3.63, 3.8) is 0 Å². The number of rotatable bonds is 5. The van der Waals surface area contributed by atoms with Gasteiger partial charge < -0.3 is 10.2 Å². The summed E-state index contributed by atoms with van der Waals surface area (Å²) < 4.78 is 1.79. The molecule has 0 saturated carbocycles. The van der Waals surface area contributed by atoms with Crippen LogP contribution in [-0.4, -0.2) is 45.2 Å². The Labute approximate surface area is 159 Å². The van der Waals surface area contributed by atoms with Gasteiger partial charge in [0.15, 0.2) is 0 Å². The van der Waals surface area contributed by atoms with Crippen LogP contribution in [0.3, 0.4) is 0 Å². The number of amides is 1. The molecule has 3 heterocycles. The molecule has 0 bridgehead atoms. The summed E-state index contributed by atoms with van der Waals surface area (Å²) >= 11 is 0. The Bertz CT molecular complexity index is 972. The van der Waals surface area contributed by atoms with E-state index in [0.29, 0.717) is 11.7 Å². The average Bonchev–Trinajstić information content (AvgIpc) is 3.03. The topological polar surface area (TPSA) is 63.1 Å². The summed E-state index contributed by atoms with van der Waals surface area (Å²) in [5.74, 6) is 1.36. The van der Waals surface area contributed by atoms with E-state index < -0.39 is 0 Å². The highest BCUT2D eigenvalue weighted by Crippen LogP contribution is 2.26. The summed E-state index contributed by atoms with van der Waals surface area (Å²) in [6.07, 6.45) is 5.65. The largest absolute Gasteiger partial charge is 0.310 e. The van der Waals surface area contributed by atoms with E-state index in [4.69, 9.17) is 0 Å². The van der Waals surface area contributed by atoms with Crippen molar-refractivity contribution in [1.82, 2.24) is 19.7 Å². The van der Waals surface area contributed by atoms with Gasteiger partial charge in [-0.25, -0.2) is 4.98 Å². The maximum absolute atomic E-state index is 12.5. The maximum Gasteiger partial charge on any atom is 0.231 e. The van der Waals surface area contributed by atoms with E-state index in [1.54, 1.807) is 4.68 Å². The highest BCUT2D eigenvalue weighted by atomic mass is 16.2. The molecule has 27 heavy (non-hydrogen) atoms. The van der Waals surface area contributed by atoms with Gasteiger partial charge >= 0.3 is 0 Å². The van der Waals surface area contributed by atoms with Crippen LogP contribution in [0.15, 0.2) is 42.9 Å². The number of nitrogens with one attached hydrogen (secondary N) is 1. The van der Waals surface area contributed by atoms with Crippen molar-refractivity contribution < 1.29 is 4.79 Å². The fourth-order valence-corrected chi connectivity index (χ4v) is 3.59. The number of hydrogen-bond donors (Lipinski definition) is 1. The van der Waals surface area contributed by atoms with Crippen molar-refractivity contribution in [3.8, 4) is 11.1 Å². The van der Waals surface area contributed by atoms with E-state index in [1.807, 2.05) is 37.8 Å². The number of fused-ring (bicyclic) bond motifs is 1. The van der Waals surface area contributed by atoms with Crippen LogP contribution in [0.1, 0.15) is 13.8 Å². The lowest BCUT2D eigenvalue weighted by atomic mass is 9.97. The molecule has 1 N–H and O–H groups in total. The van der Waals surface area contributed by atoms with Gasteiger partial charge in [0, 0.05) is 50.0 Å². The van der Waals surface area contributed by atoms with Crippen molar-refractivity contribution in [3.05, 3.63) is 42.9 Å². The highest BCUT2D eigenvalue weighted by Gasteiger charge is 2.32. The summed E-state index contributed by atoms with van der Waals surface area (Å²) in [5, 5.41) is 9.31. The molecular weight excluding hydrogens is 338 g/mol. The molecule has 0 unspecified atom stereocenters. The van der Waals surface area contributed by atoms with Gasteiger partial charge in [0.1, 0.15) is 5.82 Å². The van der Waals surface area contributed by atoms with Crippen LogP contribution in [0.5, 0.6) is 0 Å². The summed E-state index contributed by atoms with van der Waals surface area (Å²) in [7, 11) is 1.91. The van der Waals surface area contributed by atoms with Crippen molar-refractivity contribution in [2.45, 2.75) is 13.8 Å². The first-order valence-electron chi connectivity index (χ1n) is 9.40. The Hall–Kier alpha value is -2.73. The van der Waals surface area contributed by atoms with Crippen LogP contribution in [0.2, 0.25) is 0 Å². The predicted octanol–water partition coefficient (Wildman–Crippen LogP) is 3.16. The van der Waals surface area contributed by atoms with Gasteiger partial charge in [0.25, 0.3) is 0 Å². The number of carbonyl (C=O) groups is 1. The summed E-state index contributed by atoms with van der Waals surface area (Å²) in [4.78, 5) is 19.2. The van der Waals surface area contributed by atoms with Gasteiger partial charge in [0.05, 0.1) is 12.1 Å². The normalized spacial score (nSPS) is 15.3.